The first kappa shape index (κ1) is 13.2. The van der Waals surface area contributed by atoms with Crippen molar-refractivity contribution in [1.29, 1.82) is 0 Å². The maximum absolute atomic E-state index is 13.8. The zero-order chi connectivity index (χ0) is 14.8. The van der Waals surface area contributed by atoms with Gasteiger partial charge in [-0.3, -0.25) is 0 Å². The third kappa shape index (κ3) is 2.45. The number of hydrogen-bond donors (Lipinski definition) is 1. The minimum atomic E-state index is -0.526. The molecule has 21 heavy (non-hydrogen) atoms. The number of ether oxygens (including phenoxy) is 2. The number of methoxy groups -OCH3 is 1. The van der Waals surface area contributed by atoms with Gasteiger partial charge in [0, 0.05) is 11.6 Å². The lowest BCUT2D eigenvalue weighted by Gasteiger charge is -2.11. The Morgan fingerprint density at radius 1 is 1.14 bits per heavy atom. The van der Waals surface area contributed by atoms with Crippen molar-refractivity contribution in [2.75, 3.05) is 12.8 Å². The zero-order valence-corrected chi connectivity index (χ0v) is 11.3. The van der Waals surface area contributed by atoms with Gasteiger partial charge >= 0.3 is 0 Å². The number of nitrogens with two attached hydrogens (primary N) is 1. The SMILES string of the molecule is COc1ccc2c(Oc3c(N)cccc3F)nccc2c1. The minimum absolute atomic E-state index is 0.0201. The second-order valence-corrected chi connectivity index (χ2v) is 4.46. The number of benzene rings is 2. The Bertz CT molecular complexity index is 785. The third-order valence-electron chi connectivity index (χ3n) is 3.13. The summed E-state index contributed by atoms with van der Waals surface area (Å²) in [5.41, 5.74) is 5.97. The van der Waals surface area contributed by atoms with Crippen LogP contribution in [0.25, 0.3) is 10.8 Å². The second kappa shape index (κ2) is 5.28. The Balaban J connectivity index is 2.09. The molecule has 0 spiro atoms. The zero-order valence-electron chi connectivity index (χ0n) is 11.3. The first-order valence-electron chi connectivity index (χ1n) is 6.33. The van der Waals surface area contributed by atoms with Crippen LogP contribution in [0.2, 0.25) is 0 Å². The average molecular weight is 284 g/mol. The number of hydrogen-bond acceptors (Lipinski definition) is 4. The molecule has 1 heterocycles. The van der Waals surface area contributed by atoms with E-state index in [9.17, 15) is 4.39 Å². The number of nitrogen functional groups attached to an aromatic ring is 1. The summed E-state index contributed by atoms with van der Waals surface area (Å²) in [6.45, 7) is 0. The molecule has 0 aliphatic carbocycles. The fraction of sp³-hybridized carbons (Fsp3) is 0.0625. The molecule has 0 aliphatic rings. The molecule has 106 valence electrons. The molecule has 0 saturated carbocycles. The van der Waals surface area contributed by atoms with E-state index in [1.54, 1.807) is 25.4 Å². The molecular formula is C16H13FN2O2. The summed E-state index contributed by atoms with van der Waals surface area (Å²) in [5, 5.41) is 1.63. The molecular weight excluding hydrogens is 271 g/mol. The van der Waals surface area contributed by atoms with Crippen molar-refractivity contribution in [3.63, 3.8) is 0 Å². The topological polar surface area (TPSA) is 57.4 Å². The van der Waals surface area contributed by atoms with Crippen molar-refractivity contribution >= 4 is 16.5 Å². The minimum Gasteiger partial charge on any atom is -0.497 e. The van der Waals surface area contributed by atoms with Gasteiger partial charge in [0.05, 0.1) is 12.8 Å². The van der Waals surface area contributed by atoms with Crippen LogP contribution in [-0.4, -0.2) is 12.1 Å². The largest absolute Gasteiger partial charge is 0.497 e. The Hall–Kier alpha value is -2.82. The second-order valence-electron chi connectivity index (χ2n) is 4.46. The standard InChI is InChI=1S/C16H13FN2O2/c1-20-11-5-6-12-10(9-11)7-8-19-16(12)21-15-13(17)3-2-4-14(15)18/h2-9H,18H2,1H3. The van der Waals surface area contributed by atoms with Gasteiger partial charge in [0.25, 0.3) is 0 Å². The van der Waals surface area contributed by atoms with Crippen LogP contribution >= 0.6 is 0 Å². The van der Waals surface area contributed by atoms with E-state index in [2.05, 4.69) is 4.98 Å². The molecule has 2 aromatic carbocycles. The fourth-order valence-corrected chi connectivity index (χ4v) is 2.07. The smallest absolute Gasteiger partial charge is 0.227 e. The predicted molar refractivity (Wildman–Crippen MR) is 79.2 cm³/mol. The highest BCUT2D eigenvalue weighted by Gasteiger charge is 2.12. The first-order valence-corrected chi connectivity index (χ1v) is 6.33. The number of pyridine rings is 1. The van der Waals surface area contributed by atoms with E-state index in [0.29, 0.717) is 5.88 Å². The van der Waals surface area contributed by atoms with E-state index in [1.807, 2.05) is 18.2 Å². The highest BCUT2D eigenvalue weighted by molar-refractivity contribution is 5.88. The molecule has 4 nitrogen and oxygen atoms in total. The van der Waals surface area contributed by atoms with Crippen LogP contribution in [0.4, 0.5) is 10.1 Å². The Morgan fingerprint density at radius 2 is 2.00 bits per heavy atom. The first-order chi connectivity index (χ1) is 10.2. The lowest BCUT2D eigenvalue weighted by molar-refractivity contribution is 0.415. The van der Waals surface area contributed by atoms with Gasteiger partial charge in [-0.1, -0.05) is 6.07 Å². The fourth-order valence-electron chi connectivity index (χ4n) is 2.07. The van der Waals surface area contributed by atoms with Gasteiger partial charge in [0.2, 0.25) is 5.88 Å². The summed E-state index contributed by atoms with van der Waals surface area (Å²) < 4.78 is 24.6. The van der Waals surface area contributed by atoms with Gasteiger partial charge in [-0.2, -0.15) is 0 Å². The molecule has 3 rings (SSSR count). The van der Waals surface area contributed by atoms with Crippen LogP contribution in [0.1, 0.15) is 0 Å². The number of fused-ring (bicyclic) bond motifs is 1. The molecule has 0 radical (unpaired) electrons. The molecule has 2 N–H and O–H groups in total. The van der Waals surface area contributed by atoms with Crippen molar-refractivity contribution < 1.29 is 13.9 Å². The quantitative estimate of drug-likeness (QED) is 0.744. The normalized spacial score (nSPS) is 10.6. The lowest BCUT2D eigenvalue weighted by Crippen LogP contribution is -1.97. The molecule has 0 amide bonds. The van der Waals surface area contributed by atoms with Gasteiger partial charge in [-0.05, 0) is 41.8 Å². The van der Waals surface area contributed by atoms with Gasteiger partial charge in [-0.25, -0.2) is 9.37 Å². The van der Waals surface area contributed by atoms with Crippen LogP contribution in [0, 0.1) is 5.82 Å². The van der Waals surface area contributed by atoms with Gasteiger partial charge < -0.3 is 15.2 Å². The van der Waals surface area contributed by atoms with Crippen LogP contribution in [0.15, 0.2) is 48.7 Å². The highest BCUT2D eigenvalue weighted by Crippen LogP contribution is 2.33. The Labute approximate surface area is 120 Å². The van der Waals surface area contributed by atoms with Crippen LogP contribution in [-0.2, 0) is 0 Å². The maximum Gasteiger partial charge on any atom is 0.227 e. The van der Waals surface area contributed by atoms with E-state index in [-0.39, 0.29) is 11.4 Å². The third-order valence-corrected chi connectivity index (χ3v) is 3.13. The molecule has 3 aromatic rings. The number of halogens is 1. The van der Waals surface area contributed by atoms with Crippen molar-refractivity contribution in [1.82, 2.24) is 4.98 Å². The summed E-state index contributed by atoms with van der Waals surface area (Å²) in [5.74, 6) is 0.479. The molecule has 0 bridgehead atoms. The number of aromatic nitrogens is 1. The van der Waals surface area contributed by atoms with Crippen molar-refractivity contribution in [3.8, 4) is 17.4 Å². The van der Waals surface area contributed by atoms with Crippen molar-refractivity contribution in [2.24, 2.45) is 0 Å². The summed E-state index contributed by atoms with van der Waals surface area (Å²) >= 11 is 0. The van der Waals surface area contributed by atoms with Gasteiger partial charge in [0.1, 0.15) is 5.75 Å². The number of anilines is 1. The van der Waals surface area contributed by atoms with Gasteiger partial charge in [0.15, 0.2) is 11.6 Å². The van der Waals surface area contributed by atoms with E-state index < -0.39 is 5.82 Å². The number of nitrogens with zero attached hydrogens (tertiary/aromatic N) is 1. The maximum atomic E-state index is 13.8. The molecule has 0 aliphatic heterocycles. The van der Waals surface area contributed by atoms with E-state index >= 15 is 0 Å². The molecule has 0 saturated heterocycles. The van der Waals surface area contributed by atoms with Crippen LogP contribution < -0.4 is 15.2 Å². The van der Waals surface area contributed by atoms with E-state index in [4.69, 9.17) is 15.2 Å². The highest BCUT2D eigenvalue weighted by atomic mass is 19.1. The summed E-state index contributed by atoms with van der Waals surface area (Å²) in [6, 6.07) is 11.7. The summed E-state index contributed by atoms with van der Waals surface area (Å²) in [7, 11) is 1.60. The molecule has 0 atom stereocenters. The average Bonchev–Trinajstić information content (AvgIpc) is 2.50. The van der Waals surface area contributed by atoms with Crippen LogP contribution in [0.5, 0.6) is 17.4 Å². The number of para-hydroxylation sites is 1. The predicted octanol–water partition coefficient (Wildman–Crippen LogP) is 3.76. The molecule has 5 heteroatoms. The van der Waals surface area contributed by atoms with Crippen LogP contribution in [0.3, 0.4) is 0 Å². The summed E-state index contributed by atoms with van der Waals surface area (Å²) in [6.07, 6.45) is 1.59. The molecule has 0 unspecified atom stereocenters. The van der Waals surface area contributed by atoms with Crippen molar-refractivity contribution in [2.45, 2.75) is 0 Å². The number of rotatable bonds is 3. The molecule has 1 aromatic heterocycles. The molecule has 0 fully saturated rings. The lowest BCUT2D eigenvalue weighted by atomic mass is 10.1. The van der Waals surface area contributed by atoms with Crippen molar-refractivity contribution in [3.05, 3.63) is 54.5 Å². The van der Waals surface area contributed by atoms with E-state index in [1.165, 1.54) is 12.1 Å². The Kier molecular flexibility index (Phi) is 3.31. The summed E-state index contributed by atoms with van der Waals surface area (Å²) in [4.78, 5) is 4.15. The monoisotopic (exact) mass is 284 g/mol. The van der Waals surface area contributed by atoms with E-state index in [0.717, 1.165) is 16.5 Å². The van der Waals surface area contributed by atoms with Gasteiger partial charge in [-0.15, -0.1) is 0 Å². The Morgan fingerprint density at radius 3 is 2.76 bits per heavy atom.